The fraction of sp³-hybridized carbons (Fsp3) is 0.200. The van der Waals surface area contributed by atoms with Gasteiger partial charge in [0.1, 0.15) is 0 Å². The van der Waals surface area contributed by atoms with Crippen LogP contribution in [0.1, 0.15) is 39.7 Å². The molecule has 2 bridgehead atoms. The van der Waals surface area contributed by atoms with Crippen molar-refractivity contribution in [3.63, 3.8) is 0 Å². The van der Waals surface area contributed by atoms with E-state index in [1.165, 1.54) is 10.5 Å². The van der Waals surface area contributed by atoms with E-state index in [0.717, 1.165) is 22.3 Å². The van der Waals surface area contributed by atoms with Crippen molar-refractivity contribution in [1.82, 2.24) is 0 Å². The van der Waals surface area contributed by atoms with E-state index in [0.29, 0.717) is 15.7 Å². The first kappa shape index (κ1) is 18.2. The molecule has 4 unspecified atom stereocenters. The van der Waals surface area contributed by atoms with Gasteiger partial charge in [-0.1, -0.05) is 71.2 Å². The lowest BCUT2D eigenvalue weighted by molar-refractivity contribution is -0.122. The predicted molar refractivity (Wildman–Crippen MR) is 117 cm³/mol. The minimum Gasteiger partial charge on any atom is -0.274 e. The van der Waals surface area contributed by atoms with Crippen molar-refractivity contribution in [2.45, 2.75) is 18.8 Å². The van der Waals surface area contributed by atoms with E-state index in [1.54, 1.807) is 18.2 Å². The van der Waals surface area contributed by atoms with Gasteiger partial charge in [-0.25, -0.2) is 4.90 Å². The molecule has 5 heteroatoms. The molecule has 1 saturated heterocycles. The first-order valence-corrected chi connectivity index (χ1v) is 10.7. The maximum atomic E-state index is 13.7. The van der Waals surface area contributed by atoms with Gasteiger partial charge in [-0.05, 0) is 47.4 Å². The number of aryl methyl sites for hydroxylation is 1. The molecule has 1 heterocycles. The predicted octanol–water partition coefficient (Wildman–Crippen LogP) is 5.70. The van der Waals surface area contributed by atoms with Gasteiger partial charge >= 0.3 is 0 Å². The van der Waals surface area contributed by atoms with E-state index < -0.39 is 11.8 Å². The van der Waals surface area contributed by atoms with Crippen molar-refractivity contribution in [1.29, 1.82) is 0 Å². The number of benzene rings is 3. The maximum Gasteiger partial charge on any atom is 0.238 e. The minimum atomic E-state index is -0.429. The van der Waals surface area contributed by atoms with Crippen molar-refractivity contribution in [2.75, 3.05) is 4.90 Å². The summed E-state index contributed by atoms with van der Waals surface area (Å²) in [5, 5.41) is 0.785. The van der Waals surface area contributed by atoms with Gasteiger partial charge in [0.05, 0.1) is 22.5 Å². The molecular formula is C25H17Cl2NO2. The summed E-state index contributed by atoms with van der Waals surface area (Å²) >= 11 is 12.6. The molecule has 0 aromatic heterocycles. The normalized spacial score (nSPS) is 25.9. The monoisotopic (exact) mass is 433 g/mol. The second kappa shape index (κ2) is 6.19. The zero-order chi connectivity index (χ0) is 20.7. The van der Waals surface area contributed by atoms with Crippen LogP contribution in [0.5, 0.6) is 0 Å². The number of halogens is 2. The Labute approximate surface area is 184 Å². The highest BCUT2D eigenvalue weighted by atomic mass is 35.5. The van der Waals surface area contributed by atoms with Crippen molar-refractivity contribution in [2.24, 2.45) is 11.8 Å². The Morgan fingerprint density at radius 2 is 1.33 bits per heavy atom. The number of hydrogen-bond donors (Lipinski definition) is 0. The summed E-state index contributed by atoms with van der Waals surface area (Å²) in [5.74, 6) is -1.50. The molecule has 0 radical (unpaired) electrons. The molecule has 0 N–H and O–H groups in total. The van der Waals surface area contributed by atoms with Crippen molar-refractivity contribution < 1.29 is 9.59 Å². The van der Waals surface area contributed by atoms with Crippen LogP contribution < -0.4 is 4.90 Å². The van der Waals surface area contributed by atoms with Crippen LogP contribution in [0, 0.1) is 18.8 Å². The molecule has 4 aliphatic rings. The average Bonchev–Trinajstić information content (AvgIpc) is 3.00. The molecule has 1 fully saturated rings. The summed E-state index contributed by atoms with van der Waals surface area (Å²) in [5.41, 5.74) is 6.16. The second-order valence-corrected chi connectivity index (χ2v) is 9.22. The molecule has 3 aliphatic carbocycles. The third kappa shape index (κ3) is 2.22. The zero-order valence-electron chi connectivity index (χ0n) is 16.1. The Bertz CT molecular complexity index is 1270. The summed E-state index contributed by atoms with van der Waals surface area (Å²) < 4.78 is 0. The number of carbonyl (C=O) groups is 2. The van der Waals surface area contributed by atoms with Gasteiger partial charge < -0.3 is 0 Å². The lowest BCUT2D eigenvalue weighted by Gasteiger charge is -2.46. The number of rotatable bonds is 1. The first-order chi connectivity index (χ1) is 14.5. The summed E-state index contributed by atoms with van der Waals surface area (Å²) in [6.45, 7) is 2.06. The lowest BCUT2D eigenvalue weighted by Crippen LogP contribution is -2.41. The second-order valence-electron chi connectivity index (χ2n) is 8.38. The molecule has 3 aromatic rings. The molecular weight excluding hydrogens is 417 g/mol. The van der Waals surface area contributed by atoms with Crippen LogP contribution in [0.15, 0.2) is 60.7 Å². The maximum absolute atomic E-state index is 13.7. The standard InChI is InChI=1S/C25H17Cl2NO2/c1-12-6-8-16-17(10-12)21-15-5-3-2-4-14(15)20(16)22-23(21)25(30)28(24(22)29)19-11-13(26)7-9-18(19)27/h2-11,20-23H,1H3. The largest absolute Gasteiger partial charge is 0.274 e. The van der Waals surface area contributed by atoms with E-state index in [1.807, 2.05) is 12.1 Å². The zero-order valence-corrected chi connectivity index (χ0v) is 17.6. The summed E-state index contributed by atoms with van der Waals surface area (Å²) in [4.78, 5) is 28.7. The molecule has 30 heavy (non-hydrogen) atoms. The van der Waals surface area contributed by atoms with Gasteiger partial charge in [-0.2, -0.15) is 0 Å². The van der Waals surface area contributed by atoms with E-state index >= 15 is 0 Å². The average molecular weight is 434 g/mol. The van der Waals surface area contributed by atoms with E-state index in [4.69, 9.17) is 23.2 Å². The molecule has 148 valence electrons. The van der Waals surface area contributed by atoms with Gasteiger partial charge in [-0.3, -0.25) is 9.59 Å². The Morgan fingerprint density at radius 3 is 2.00 bits per heavy atom. The highest BCUT2D eigenvalue weighted by Crippen LogP contribution is 2.61. The number of nitrogens with zero attached hydrogens (tertiary/aromatic N) is 1. The van der Waals surface area contributed by atoms with Crippen LogP contribution in [-0.2, 0) is 9.59 Å². The Hall–Kier alpha value is -2.62. The number of anilines is 1. The fourth-order valence-electron chi connectivity index (χ4n) is 5.74. The number of hydrogen-bond acceptors (Lipinski definition) is 2. The first-order valence-electron chi connectivity index (χ1n) is 9.99. The number of imide groups is 1. The van der Waals surface area contributed by atoms with Crippen molar-refractivity contribution in [3.05, 3.63) is 98.5 Å². The van der Waals surface area contributed by atoms with E-state index in [-0.39, 0.29) is 23.7 Å². The molecule has 3 nitrogen and oxygen atoms in total. The van der Waals surface area contributed by atoms with Crippen molar-refractivity contribution in [3.8, 4) is 0 Å². The topological polar surface area (TPSA) is 37.4 Å². The lowest BCUT2D eigenvalue weighted by atomic mass is 9.55. The SMILES string of the molecule is Cc1ccc2c(c1)C1c3ccccc3C2C2C(=O)N(c3cc(Cl)ccc3Cl)C(=O)C12. The Morgan fingerprint density at radius 1 is 0.733 bits per heavy atom. The van der Waals surface area contributed by atoms with Gasteiger partial charge in [0.2, 0.25) is 11.8 Å². The third-order valence-electron chi connectivity index (χ3n) is 6.84. The van der Waals surface area contributed by atoms with Crippen LogP contribution in [0.25, 0.3) is 0 Å². The molecule has 4 atom stereocenters. The number of amides is 2. The fourth-order valence-corrected chi connectivity index (χ4v) is 6.11. The van der Waals surface area contributed by atoms with Gasteiger partial charge in [0.25, 0.3) is 0 Å². The summed E-state index contributed by atoms with van der Waals surface area (Å²) in [6.07, 6.45) is 0. The Kier molecular flexibility index (Phi) is 3.75. The van der Waals surface area contributed by atoms with Crippen LogP contribution in [0.4, 0.5) is 5.69 Å². The molecule has 1 aliphatic heterocycles. The molecule has 3 aromatic carbocycles. The van der Waals surface area contributed by atoms with Crippen LogP contribution >= 0.6 is 23.2 Å². The van der Waals surface area contributed by atoms with Crippen LogP contribution in [0.2, 0.25) is 10.0 Å². The highest BCUT2D eigenvalue weighted by molar-refractivity contribution is 6.38. The molecule has 2 amide bonds. The van der Waals surface area contributed by atoms with Gasteiger partial charge in [-0.15, -0.1) is 0 Å². The van der Waals surface area contributed by atoms with E-state index in [2.05, 4.69) is 37.3 Å². The number of carbonyl (C=O) groups excluding carboxylic acids is 2. The summed E-state index contributed by atoms with van der Waals surface area (Å²) in [7, 11) is 0. The molecule has 0 saturated carbocycles. The van der Waals surface area contributed by atoms with E-state index in [9.17, 15) is 9.59 Å². The molecule has 0 spiro atoms. The van der Waals surface area contributed by atoms with Crippen LogP contribution in [-0.4, -0.2) is 11.8 Å². The highest BCUT2D eigenvalue weighted by Gasteiger charge is 2.62. The quantitative estimate of drug-likeness (QED) is 0.461. The van der Waals surface area contributed by atoms with Crippen molar-refractivity contribution >= 4 is 40.7 Å². The summed E-state index contributed by atoms with van der Waals surface area (Å²) in [6, 6.07) is 19.5. The van der Waals surface area contributed by atoms with Crippen LogP contribution in [0.3, 0.4) is 0 Å². The van der Waals surface area contributed by atoms with Gasteiger partial charge in [0, 0.05) is 16.9 Å². The smallest absolute Gasteiger partial charge is 0.238 e. The molecule has 7 rings (SSSR count). The minimum absolute atomic E-state index is 0.133. The van der Waals surface area contributed by atoms with Gasteiger partial charge in [0.15, 0.2) is 0 Å². The third-order valence-corrected chi connectivity index (χ3v) is 7.40. The Balaban J connectivity index is 1.59.